The van der Waals surface area contributed by atoms with E-state index in [1.807, 2.05) is 6.08 Å². The molecule has 1 atom stereocenters. The van der Waals surface area contributed by atoms with E-state index < -0.39 is 0 Å². The number of nitrogens with one attached hydrogen (secondary N) is 2. The van der Waals surface area contributed by atoms with Gasteiger partial charge >= 0.3 is 0 Å². The van der Waals surface area contributed by atoms with Gasteiger partial charge in [0.2, 0.25) is 0 Å². The summed E-state index contributed by atoms with van der Waals surface area (Å²) in [7, 11) is 0. The zero-order valence-electron chi connectivity index (χ0n) is 22.4. The van der Waals surface area contributed by atoms with Crippen LogP contribution < -0.4 is 16.5 Å². The number of rotatable bonds is 9. The predicted molar refractivity (Wildman–Crippen MR) is 152 cm³/mol. The topological polar surface area (TPSA) is 64.2 Å². The summed E-state index contributed by atoms with van der Waals surface area (Å²) in [5.74, 6) is 0. The highest BCUT2D eigenvalue weighted by Gasteiger charge is 2.45. The fraction of sp³-hybridized carbons (Fsp3) is 0.484. The Hall–Kier alpha value is -2.60. The molecule has 5 nitrogen and oxygen atoms in total. The van der Waals surface area contributed by atoms with Gasteiger partial charge < -0.3 is 15.6 Å². The van der Waals surface area contributed by atoms with E-state index in [1.165, 1.54) is 38.9 Å². The van der Waals surface area contributed by atoms with Crippen LogP contribution in [0.15, 0.2) is 43.0 Å². The SMILES string of the molecule is C=Cc1cc(C2(CONc3cc4cc5n(c4cc3C)CC(CN)NCC5(C)C)CC2)ccc1CCC. The van der Waals surface area contributed by atoms with Crippen molar-refractivity contribution in [3.63, 3.8) is 0 Å². The molecule has 5 rings (SSSR count). The highest BCUT2D eigenvalue weighted by molar-refractivity contribution is 5.86. The summed E-state index contributed by atoms with van der Waals surface area (Å²) in [4.78, 5) is 6.17. The molecule has 1 aromatic heterocycles. The van der Waals surface area contributed by atoms with Gasteiger partial charge in [-0.25, -0.2) is 0 Å². The Morgan fingerprint density at radius 3 is 2.72 bits per heavy atom. The van der Waals surface area contributed by atoms with E-state index in [-0.39, 0.29) is 16.9 Å². The average Bonchev–Trinajstić information content (AvgIpc) is 3.59. The number of aromatic nitrogens is 1. The number of nitrogens with zero attached hydrogens (tertiary/aromatic N) is 1. The Bertz CT molecular complexity index is 1270. The lowest BCUT2D eigenvalue weighted by Gasteiger charge is -2.23. The van der Waals surface area contributed by atoms with Gasteiger partial charge in [0.1, 0.15) is 0 Å². The van der Waals surface area contributed by atoms with Gasteiger partial charge in [0.15, 0.2) is 0 Å². The van der Waals surface area contributed by atoms with Crippen molar-refractivity contribution >= 4 is 22.7 Å². The van der Waals surface area contributed by atoms with E-state index in [1.54, 1.807) is 0 Å². The summed E-state index contributed by atoms with van der Waals surface area (Å²) in [5.41, 5.74) is 18.4. The van der Waals surface area contributed by atoms with Gasteiger partial charge in [0.25, 0.3) is 0 Å². The maximum atomic E-state index is 6.17. The largest absolute Gasteiger partial charge is 0.342 e. The molecular formula is C31H42N4O. The van der Waals surface area contributed by atoms with Gasteiger partial charge in [0.05, 0.1) is 12.3 Å². The molecule has 192 valence electrons. The van der Waals surface area contributed by atoms with Gasteiger partial charge in [-0.3, -0.25) is 10.3 Å². The molecule has 2 aromatic carbocycles. The number of nitrogens with two attached hydrogens (primary N) is 1. The van der Waals surface area contributed by atoms with Crippen LogP contribution in [0.2, 0.25) is 0 Å². The molecule has 0 spiro atoms. The summed E-state index contributed by atoms with van der Waals surface area (Å²) in [5, 5.41) is 4.89. The maximum absolute atomic E-state index is 6.17. The van der Waals surface area contributed by atoms with Crippen LogP contribution in [0.4, 0.5) is 5.69 Å². The molecule has 2 aliphatic rings. The number of benzene rings is 2. The maximum Gasteiger partial charge on any atom is 0.0842 e. The monoisotopic (exact) mass is 486 g/mol. The van der Waals surface area contributed by atoms with Crippen LogP contribution in [-0.4, -0.2) is 30.3 Å². The molecule has 1 aliphatic heterocycles. The fourth-order valence-corrected chi connectivity index (χ4v) is 5.75. The quantitative estimate of drug-likeness (QED) is 0.333. The summed E-state index contributed by atoms with van der Waals surface area (Å²) >= 11 is 0. The minimum atomic E-state index is 0.0380. The third-order valence-corrected chi connectivity index (χ3v) is 8.34. The first-order chi connectivity index (χ1) is 17.3. The van der Waals surface area contributed by atoms with Crippen molar-refractivity contribution in [3.8, 4) is 0 Å². The first kappa shape index (κ1) is 25.1. The Morgan fingerprint density at radius 2 is 2.03 bits per heavy atom. The number of anilines is 1. The van der Waals surface area contributed by atoms with Gasteiger partial charge in [-0.05, 0) is 66.6 Å². The Balaban J connectivity index is 1.34. The second-order valence-electron chi connectivity index (χ2n) is 11.6. The normalized spacial score (nSPS) is 20.1. The van der Waals surface area contributed by atoms with Crippen molar-refractivity contribution in [3.05, 3.63) is 70.9 Å². The number of aryl methyl sites for hydroxylation is 2. The summed E-state index contributed by atoms with van der Waals surface area (Å²) in [6.45, 7) is 16.2. The van der Waals surface area contributed by atoms with Crippen LogP contribution in [-0.2, 0) is 28.6 Å². The van der Waals surface area contributed by atoms with Crippen molar-refractivity contribution < 1.29 is 4.84 Å². The van der Waals surface area contributed by atoms with Crippen molar-refractivity contribution in [1.29, 1.82) is 0 Å². The van der Waals surface area contributed by atoms with E-state index in [0.29, 0.717) is 13.2 Å². The highest BCUT2D eigenvalue weighted by atomic mass is 16.6. The number of fused-ring (bicyclic) bond motifs is 3. The van der Waals surface area contributed by atoms with Gasteiger partial charge in [0, 0.05) is 53.1 Å². The van der Waals surface area contributed by atoms with Gasteiger partial charge in [-0.15, -0.1) is 0 Å². The minimum absolute atomic E-state index is 0.0380. The van der Waals surface area contributed by atoms with Crippen molar-refractivity contribution in [2.24, 2.45) is 5.73 Å². The first-order valence-corrected chi connectivity index (χ1v) is 13.5. The predicted octanol–water partition coefficient (Wildman–Crippen LogP) is 5.83. The molecule has 2 heterocycles. The Morgan fingerprint density at radius 1 is 1.22 bits per heavy atom. The molecule has 0 saturated heterocycles. The van der Waals surface area contributed by atoms with E-state index in [2.05, 4.69) is 86.0 Å². The highest BCUT2D eigenvalue weighted by Crippen LogP contribution is 2.49. The number of hydrogen-bond donors (Lipinski definition) is 3. The Kier molecular flexibility index (Phi) is 6.75. The molecule has 3 aromatic rings. The molecule has 4 N–H and O–H groups in total. The van der Waals surface area contributed by atoms with Crippen LogP contribution in [0.5, 0.6) is 0 Å². The van der Waals surface area contributed by atoms with Crippen LogP contribution in [0.1, 0.15) is 68.0 Å². The average molecular weight is 487 g/mol. The molecular weight excluding hydrogens is 444 g/mol. The zero-order valence-corrected chi connectivity index (χ0v) is 22.4. The molecule has 1 aliphatic carbocycles. The molecule has 5 heteroatoms. The summed E-state index contributed by atoms with van der Waals surface area (Å²) < 4.78 is 2.46. The molecule has 1 unspecified atom stereocenters. The van der Waals surface area contributed by atoms with Crippen molar-refractivity contribution in [2.75, 3.05) is 25.2 Å². The second kappa shape index (κ2) is 9.70. The molecule has 1 fully saturated rings. The molecule has 0 bridgehead atoms. The first-order valence-electron chi connectivity index (χ1n) is 13.5. The second-order valence-corrected chi connectivity index (χ2v) is 11.6. The molecule has 1 saturated carbocycles. The van der Waals surface area contributed by atoms with E-state index in [9.17, 15) is 0 Å². The fourth-order valence-electron chi connectivity index (χ4n) is 5.75. The van der Waals surface area contributed by atoms with Crippen LogP contribution in [0.25, 0.3) is 17.0 Å². The minimum Gasteiger partial charge on any atom is -0.342 e. The van der Waals surface area contributed by atoms with E-state index in [0.717, 1.165) is 44.5 Å². The molecule has 0 radical (unpaired) electrons. The van der Waals surface area contributed by atoms with Crippen LogP contribution >= 0.6 is 0 Å². The lowest BCUT2D eigenvalue weighted by Crippen LogP contribution is -2.41. The third-order valence-electron chi connectivity index (χ3n) is 8.34. The lowest BCUT2D eigenvalue weighted by atomic mass is 9.89. The Labute approximate surface area is 216 Å². The van der Waals surface area contributed by atoms with E-state index >= 15 is 0 Å². The molecule has 36 heavy (non-hydrogen) atoms. The zero-order chi connectivity index (χ0) is 25.5. The smallest absolute Gasteiger partial charge is 0.0842 e. The van der Waals surface area contributed by atoms with E-state index in [4.69, 9.17) is 10.6 Å². The number of hydrogen-bond acceptors (Lipinski definition) is 4. The lowest BCUT2D eigenvalue weighted by molar-refractivity contribution is 0.167. The summed E-state index contributed by atoms with van der Waals surface area (Å²) in [6, 6.07) is 14.1. The van der Waals surface area contributed by atoms with Crippen molar-refractivity contribution in [2.45, 2.75) is 76.8 Å². The summed E-state index contributed by atoms with van der Waals surface area (Å²) in [6.07, 6.45) is 6.56. The standard InChI is InChI=1S/C31H42N4O/c1-6-8-23-9-10-25(14-22(23)7-2)31(11-12-31)20-36-34-27-15-24-16-29-30(4,5)19-33-26(17-32)18-35(29)28(24)13-21(27)3/h7,9-10,13-16,26,33-34H,2,6,8,11-12,17-20,32H2,1,3-5H3. The van der Waals surface area contributed by atoms with Gasteiger partial charge in [-0.1, -0.05) is 58.0 Å². The van der Waals surface area contributed by atoms with Crippen LogP contribution in [0, 0.1) is 6.92 Å². The molecule has 0 amide bonds. The van der Waals surface area contributed by atoms with Crippen molar-refractivity contribution in [1.82, 2.24) is 9.88 Å². The van der Waals surface area contributed by atoms with Crippen LogP contribution in [0.3, 0.4) is 0 Å². The third kappa shape index (κ3) is 4.60. The van der Waals surface area contributed by atoms with Gasteiger partial charge in [-0.2, -0.15) is 0 Å².